The Labute approximate surface area is 387 Å². The number of nitrogens with one attached hydrogen (secondary N) is 1. The van der Waals surface area contributed by atoms with Crippen molar-refractivity contribution < 1.29 is 33.8 Å². The summed E-state index contributed by atoms with van der Waals surface area (Å²) in [5.74, 6) is -0.00251. The number of carbonyl (C=O) groups excluding carboxylic acids is 2. The van der Waals surface area contributed by atoms with Crippen LogP contribution in [0.5, 0.6) is 0 Å². The van der Waals surface area contributed by atoms with Gasteiger partial charge in [-0.25, -0.2) is 4.79 Å². The maximum atomic E-state index is 12.6. The highest BCUT2D eigenvalue weighted by atomic mass is 16.7. The summed E-state index contributed by atoms with van der Waals surface area (Å²) in [6, 6.07) is 0. The molecule has 7 nitrogen and oxygen atoms in total. The fourth-order valence-corrected chi connectivity index (χ4v) is 8.84. The van der Waals surface area contributed by atoms with E-state index in [1.54, 1.807) is 4.90 Å². The van der Waals surface area contributed by atoms with Crippen molar-refractivity contribution in [1.29, 1.82) is 0 Å². The summed E-state index contributed by atoms with van der Waals surface area (Å²) in [4.78, 5) is 26.4. The maximum absolute atomic E-state index is 12.6. The molecular formula is C55H110NO6+. The molecule has 0 spiro atoms. The standard InChI is InChI=1S/C55H109NO6/c1-4-7-10-13-15-17-20-27-36-45-53(44-35-12-9-6-3)62-55(59)61-52-43-34-26-23-31-40-49-56(47-38-29-21-18-16-19-24-32-41-50-57)48-39-30-22-25-33-42-51-60-54(58)46-37-28-14-11-8-5-2/h53,57H,4-52H2,1-3H3/p+1. The minimum absolute atomic E-state index is 0.00251. The van der Waals surface area contributed by atoms with E-state index in [2.05, 4.69) is 20.8 Å². The lowest BCUT2D eigenvalue weighted by Gasteiger charge is -2.20. The molecule has 7 heteroatoms. The fourth-order valence-electron chi connectivity index (χ4n) is 8.84. The van der Waals surface area contributed by atoms with Crippen molar-refractivity contribution in [2.24, 2.45) is 0 Å². The number of aliphatic hydroxyl groups is 1. The fraction of sp³-hybridized carbons (Fsp3) is 0.964. The van der Waals surface area contributed by atoms with Crippen molar-refractivity contribution in [3.63, 3.8) is 0 Å². The van der Waals surface area contributed by atoms with Gasteiger partial charge in [-0.3, -0.25) is 4.79 Å². The average Bonchev–Trinajstić information content (AvgIpc) is 3.27. The van der Waals surface area contributed by atoms with Crippen LogP contribution in [0.15, 0.2) is 0 Å². The Morgan fingerprint density at radius 2 is 0.710 bits per heavy atom. The van der Waals surface area contributed by atoms with E-state index in [0.717, 1.165) is 70.6 Å². The quantitative estimate of drug-likeness (QED) is 0.0467. The number of quaternary nitrogens is 1. The number of ether oxygens (including phenoxy) is 3. The molecule has 2 unspecified atom stereocenters. The van der Waals surface area contributed by atoms with Gasteiger partial charge >= 0.3 is 12.1 Å². The molecule has 0 heterocycles. The SMILES string of the molecule is CCCCCCCCCCCC(CCCCCC)OC(=O)OCCCCCCCC[NH+](CCCCCCCCCCCO)CCCCCCCCOC(=O)CCCCCCCC. The van der Waals surface area contributed by atoms with Crippen LogP contribution in [-0.4, -0.2) is 62.8 Å². The van der Waals surface area contributed by atoms with Crippen LogP contribution in [0.4, 0.5) is 4.79 Å². The van der Waals surface area contributed by atoms with Gasteiger partial charge < -0.3 is 24.2 Å². The second kappa shape index (κ2) is 52.3. The summed E-state index contributed by atoms with van der Waals surface area (Å²) in [6.07, 6.45) is 52.0. The zero-order chi connectivity index (χ0) is 45.1. The van der Waals surface area contributed by atoms with Crippen LogP contribution < -0.4 is 4.90 Å². The lowest BCUT2D eigenvalue weighted by Crippen LogP contribution is -3.12. The second-order valence-corrected chi connectivity index (χ2v) is 19.2. The molecule has 0 bridgehead atoms. The zero-order valence-electron chi connectivity index (χ0n) is 42.2. The number of aliphatic hydroxyl groups excluding tert-OH is 1. The number of hydrogen-bond acceptors (Lipinski definition) is 6. The summed E-state index contributed by atoms with van der Waals surface area (Å²) in [7, 11) is 0. The highest BCUT2D eigenvalue weighted by Gasteiger charge is 2.16. The van der Waals surface area contributed by atoms with E-state index < -0.39 is 6.16 Å². The molecule has 62 heavy (non-hydrogen) atoms. The van der Waals surface area contributed by atoms with Crippen LogP contribution in [0.1, 0.15) is 297 Å². The van der Waals surface area contributed by atoms with Crippen LogP contribution in [0.25, 0.3) is 0 Å². The molecule has 0 aromatic rings. The molecule has 0 saturated heterocycles. The van der Waals surface area contributed by atoms with Crippen molar-refractivity contribution in [1.82, 2.24) is 0 Å². The molecule has 0 radical (unpaired) electrons. The third-order valence-corrected chi connectivity index (χ3v) is 13.0. The number of esters is 1. The van der Waals surface area contributed by atoms with Crippen LogP contribution in [0, 0.1) is 0 Å². The van der Waals surface area contributed by atoms with Gasteiger partial charge in [-0.15, -0.1) is 0 Å². The first-order valence-electron chi connectivity index (χ1n) is 28.0. The van der Waals surface area contributed by atoms with E-state index in [1.807, 2.05) is 0 Å². The van der Waals surface area contributed by atoms with Crippen LogP contribution in [0.2, 0.25) is 0 Å². The van der Waals surface area contributed by atoms with E-state index in [9.17, 15) is 9.59 Å². The third-order valence-electron chi connectivity index (χ3n) is 13.0. The summed E-state index contributed by atoms with van der Waals surface area (Å²) < 4.78 is 16.9. The molecule has 2 atom stereocenters. The smallest absolute Gasteiger partial charge is 0.466 e. The molecule has 0 aromatic heterocycles. The van der Waals surface area contributed by atoms with Crippen LogP contribution >= 0.6 is 0 Å². The first-order chi connectivity index (χ1) is 30.6. The molecule has 0 amide bonds. The molecular weight excluding hydrogens is 771 g/mol. The molecule has 0 aliphatic carbocycles. The van der Waals surface area contributed by atoms with Gasteiger partial charge in [0.15, 0.2) is 0 Å². The Kier molecular flexibility index (Phi) is 51.2. The first kappa shape index (κ1) is 60.7. The molecule has 2 N–H and O–H groups in total. The Balaban J connectivity index is 4.28. The van der Waals surface area contributed by atoms with Gasteiger partial charge in [0, 0.05) is 13.0 Å². The number of hydrogen-bond donors (Lipinski definition) is 2. The third kappa shape index (κ3) is 48.1. The van der Waals surface area contributed by atoms with Gasteiger partial charge in [0.25, 0.3) is 0 Å². The van der Waals surface area contributed by atoms with Gasteiger partial charge in [0.2, 0.25) is 0 Å². The van der Waals surface area contributed by atoms with Crippen molar-refractivity contribution in [2.75, 3.05) is 39.5 Å². The maximum Gasteiger partial charge on any atom is 0.508 e. The minimum atomic E-state index is -0.449. The highest BCUT2D eigenvalue weighted by molar-refractivity contribution is 5.69. The summed E-state index contributed by atoms with van der Waals surface area (Å²) in [5.41, 5.74) is 0. The molecule has 370 valence electrons. The molecule has 0 saturated carbocycles. The topological polar surface area (TPSA) is 86.5 Å². The first-order valence-corrected chi connectivity index (χ1v) is 28.0. The lowest BCUT2D eigenvalue weighted by molar-refractivity contribution is -0.900. The van der Waals surface area contributed by atoms with E-state index in [1.165, 1.54) is 219 Å². The summed E-state index contributed by atoms with van der Waals surface area (Å²) >= 11 is 0. The van der Waals surface area contributed by atoms with Crippen molar-refractivity contribution in [2.45, 2.75) is 303 Å². The van der Waals surface area contributed by atoms with E-state index in [4.69, 9.17) is 19.3 Å². The predicted octanol–water partition coefficient (Wildman–Crippen LogP) is 15.8. The van der Waals surface area contributed by atoms with E-state index in [0.29, 0.717) is 26.2 Å². The van der Waals surface area contributed by atoms with Crippen molar-refractivity contribution >= 4 is 12.1 Å². The molecule has 0 aliphatic heterocycles. The monoisotopic (exact) mass is 881 g/mol. The van der Waals surface area contributed by atoms with E-state index >= 15 is 0 Å². The highest BCUT2D eigenvalue weighted by Crippen LogP contribution is 2.18. The Bertz CT molecular complexity index is 886. The van der Waals surface area contributed by atoms with Crippen molar-refractivity contribution in [3.05, 3.63) is 0 Å². The molecule has 0 fully saturated rings. The summed E-state index contributed by atoms with van der Waals surface area (Å²) in [5, 5.41) is 8.98. The van der Waals surface area contributed by atoms with Crippen LogP contribution in [-0.2, 0) is 19.0 Å². The van der Waals surface area contributed by atoms with E-state index in [-0.39, 0.29) is 12.1 Å². The van der Waals surface area contributed by atoms with Crippen molar-refractivity contribution in [3.8, 4) is 0 Å². The van der Waals surface area contributed by atoms with Gasteiger partial charge in [0.05, 0.1) is 32.8 Å². The predicted molar refractivity (Wildman–Crippen MR) is 265 cm³/mol. The number of unbranched alkanes of at least 4 members (excludes halogenated alkanes) is 34. The van der Waals surface area contributed by atoms with Gasteiger partial charge in [-0.2, -0.15) is 0 Å². The molecule has 0 aromatic carbocycles. The molecule has 0 aliphatic rings. The Hall–Kier alpha value is -1.34. The average molecular weight is 881 g/mol. The number of rotatable bonds is 52. The summed E-state index contributed by atoms with van der Waals surface area (Å²) in [6.45, 7) is 12.1. The molecule has 0 rings (SSSR count). The lowest BCUT2D eigenvalue weighted by atomic mass is 10.0. The van der Waals surface area contributed by atoms with Gasteiger partial charge in [-0.1, -0.05) is 201 Å². The van der Waals surface area contributed by atoms with Gasteiger partial charge in [0.1, 0.15) is 6.10 Å². The largest absolute Gasteiger partial charge is 0.508 e. The zero-order valence-corrected chi connectivity index (χ0v) is 42.2. The Morgan fingerprint density at radius 3 is 1.13 bits per heavy atom. The minimum Gasteiger partial charge on any atom is -0.466 e. The van der Waals surface area contributed by atoms with Gasteiger partial charge in [-0.05, 0) is 89.9 Å². The second-order valence-electron chi connectivity index (χ2n) is 19.2. The van der Waals surface area contributed by atoms with Crippen LogP contribution in [0.3, 0.4) is 0 Å². The normalized spacial score (nSPS) is 12.5. The number of carbonyl (C=O) groups is 2. The Morgan fingerprint density at radius 1 is 0.387 bits per heavy atom.